The van der Waals surface area contributed by atoms with Crippen molar-refractivity contribution in [2.24, 2.45) is 5.92 Å². The third kappa shape index (κ3) is 8.13. The highest BCUT2D eigenvalue weighted by Gasteiger charge is 2.47. The Balaban J connectivity index is 0.00000210. The molecule has 1 aliphatic carbocycles. The number of benzene rings is 2. The molecule has 2 saturated heterocycles. The van der Waals surface area contributed by atoms with E-state index in [0.29, 0.717) is 5.91 Å². The molecule has 1 saturated carbocycles. The van der Waals surface area contributed by atoms with Crippen LogP contribution in [0.5, 0.6) is 11.5 Å². The van der Waals surface area contributed by atoms with Crippen LogP contribution in [-0.2, 0) is 11.3 Å². The Morgan fingerprint density at radius 3 is 2.26 bits per heavy atom. The predicted molar refractivity (Wildman–Crippen MR) is 164 cm³/mol. The molecule has 5 rings (SSSR count). The van der Waals surface area contributed by atoms with E-state index >= 15 is 0 Å². The summed E-state index contributed by atoms with van der Waals surface area (Å²) >= 11 is 0. The molecule has 0 aromatic heterocycles. The van der Waals surface area contributed by atoms with Crippen molar-refractivity contribution in [3.05, 3.63) is 60.2 Å². The van der Waals surface area contributed by atoms with Gasteiger partial charge in [-0.05, 0) is 61.4 Å². The predicted octanol–water partition coefficient (Wildman–Crippen LogP) is 7.23. The summed E-state index contributed by atoms with van der Waals surface area (Å²) in [6.07, 6.45) is 12.0. The van der Waals surface area contributed by atoms with Crippen LogP contribution in [0.1, 0.15) is 76.7 Å². The maximum atomic E-state index is 13.8. The minimum Gasteiger partial charge on any atom is -0.457 e. The molecule has 7 heteroatoms. The second kappa shape index (κ2) is 15.3. The summed E-state index contributed by atoms with van der Waals surface area (Å²) in [5.74, 6) is 2.84. The number of unbranched alkanes of at least 4 members (excludes halogenated alkanes) is 1. The van der Waals surface area contributed by atoms with Crippen molar-refractivity contribution in [2.45, 2.75) is 89.3 Å². The van der Waals surface area contributed by atoms with Gasteiger partial charge in [-0.3, -0.25) is 9.69 Å². The van der Waals surface area contributed by atoms with E-state index < -0.39 is 0 Å². The number of carbonyl (C=O) groups is 1. The zero-order valence-corrected chi connectivity index (χ0v) is 25.1. The number of amides is 1. The Bertz CT molecular complexity index is 990. The Morgan fingerprint density at radius 1 is 0.923 bits per heavy atom. The second-order valence-corrected chi connectivity index (χ2v) is 11.6. The molecule has 2 aromatic carbocycles. The van der Waals surface area contributed by atoms with Crippen molar-refractivity contribution in [3.63, 3.8) is 0 Å². The average molecular weight is 577 g/mol. The lowest BCUT2D eigenvalue weighted by molar-refractivity contribution is -0.148. The first-order valence-electron chi connectivity index (χ1n) is 14.7. The monoisotopic (exact) mass is 575 g/mol. The Hall–Kier alpha value is -1.79. The van der Waals surface area contributed by atoms with Gasteiger partial charge in [0, 0.05) is 32.7 Å². The van der Waals surface area contributed by atoms with Crippen molar-refractivity contribution in [3.8, 4) is 11.5 Å². The smallest absolute Gasteiger partial charge is 0.240 e. The maximum absolute atomic E-state index is 13.8. The fourth-order valence-electron chi connectivity index (χ4n) is 6.64. The van der Waals surface area contributed by atoms with E-state index in [4.69, 9.17) is 4.74 Å². The lowest BCUT2D eigenvalue weighted by atomic mass is 9.79. The van der Waals surface area contributed by atoms with Gasteiger partial charge >= 0.3 is 0 Å². The van der Waals surface area contributed by atoms with Crippen molar-refractivity contribution in [1.82, 2.24) is 15.1 Å². The van der Waals surface area contributed by atoms with Crippen molar-refractivity contribution < 1.29 is 9.53 Å². The van der Waals surface area contributed by atoms with Crippen molar-refractivity contribution >= 4 is 30.7 Å². The normalized spacial score (nSPS) is 21.7. The molecule has 2 heterocycles. The minimum atomic E-state index is -0.0147. The van der Waals surface area contributed by atoms with Gasteiger partial charge in [0.1, 0.15) is 11.5 Å². The highest BCUT2D eigenvalue weighted by Crippen LogP contribution is 2.35. The number of nitrogens with zero attached hydrogens (tertiary/aromatic N) is 2. The first-order valence-corrected chi connectivity index (χ1v) is 14.7. The quantitative estimate of drug-likeness (QED) is 0.342. The lowest BCUT2D eigenvalue weighted by Crippen LogP contribution is -2.70. The molecule has 2 aromatic rings. The topological polar surface area (TPSA) is 44.8 Å². The van der Waals surface area contributed by atoms with Crippen LogP contribution in [-0.4, -0.2) is 53.5 Å². The summed E-state index contributed by atoms with van der Waals surface area (Å²) in [4.78, 5) is 18.6. The number of ether oxygens (including phenoxy) is 1. The number of likely N-dealkylation sites (tertiary alicyclic amines) is 1. The van der Waals surface area contributed by atoms with Crippen LogP contribution < -0.4 is 10.1 Å². The number of hydrogen-bond donors (Lipinski definition) is 1. The van der Waals surface area contributed by atoms with Gasteiger partial charge in [-0.15, -0.1) is 24.8 Å². The molecular formula is C32H47Cl2N3O2. The van der Waals surface area contributed by atoms with Gasteiger partial charge in [0.25, 0.3) is 0 Å². The Morgan fingerprint density at radius 2 is 1.59 bits per heavy atom. The van der Waals surface area contributed by atoms with E-state index in [-0.39, 0.29) is 36.4 Å². The number of hydrogen-bond acceptors (Lipinski definition) is 4. The van der Waals surface area contributed by atoms with E-state index in [9.17, 15) is 4.79 Å². The number of nitrogens with one attached hydrogen (secondary N) is 1. The third-order valence-electron chi connectivity index (χ3n) is 8.94. The van der Waals surface area contributed by atoms with E-state index in [1.165, 1.54) is 37.7 Å². The molecule has 0 radical (unpaired) electrons. The van der Waals surface area contributed by atoms with Gasteiger partial charge in [0.15, 0.2) is 0 Å². The molecule has 1 N–H and O–H groups in total. The van der Waals surface area contributed by atoms with Gasteiger partial charge in [0.05, 0.1) is 11.6 Å². The summed E-state index contributed by atoms with van der Waals surface area (Å²) in [5.41, 5.74) is 1.30. The molecule has 2 aliphatic heterocycles. The number of piperidine rings is 1. The number of halogens is 2. The summed E-state index contributed by atoms with van der Waals surface area (Å²) in [7, 11) is 0. The molecule has 39 heavy (non-hydrogen) atoms. The Labute approximate surface area is 247 Å². The summed E-state index contributed by atoms with van der Waals surface area (Å²) in [6, 6.07) is 18.4. The molecule has 0 bridgehead atoms. The molecule has 216 valence electrons. The fraction of sp³-hybridized carbons (Fsp3) is 0.594. The van der Waals surface area contributed by atoms with Gasteiger partial charge in [-0.25, -0.2) is 0 Å². The number of rotatable bonds is 9. The van der Waals surface area contributed by atoms with E-state index in [2.05, 4.69) is 46.3 Å². The van der Waals surface area contributed by atoms with Crippen molar-refractivity contribution in [1.29, 1.82) is 0 Å². The van der Waals surface area contributed by atoms with Gasteiger partial charge in [-0.1, -0.05) is 75.8 Å². The highest BCUT2D eigenvalue weighted by molar-refractivity contribution is 5.85. The summed E-state index contributed by atoms with van der Waals surface area (Å²) in [5, 5.41) is 3.75. The van der Waals surface area contributed by atoms with Crippen LogP contribution in [0.4, 0.5) is 0 Å². The first kappa shape index (κ1) is 31.7. The molecular weight excluding hydrogens is 529 g/mol. The van der Waals surface area contributed by atoms with Gasteiger partial charge in [-0.2, -0.15) is 0 Å². The third-order valence-corrected chi connectivity index (χ3v) is 8.94. The summed E-state index contributed by atoms with van der Waals surface area (Å²) in [6.45, 7) is 7.13. The molecule has 5 nitrogen and oxygen atoms in total. The summed E-state index contributed by atoms with van der Waals surface area (Å²) < 4.78 is 5.95. The van der Waals surface area contributed by atoms with Gasteiger partial charge in [0.2, 0.25) is 5.91 Å². The lowest BCUT2D eigenvalue weighted by Gasteiger charge is -2.53. The maximum Gasteiger partial charge on any atom is 0.240 e. The molecule has 0 unspecified atom stereocenters. The largest absolute Gasteiger partial charge is 0.457 e. The zero-order valence-electron chi connectivity index (χ0n) is 23.5. The zero-order chi connectivity index (χ0) is 25.5. The van der Waals surface area contributed by atoms with Crippen LogP contribution in [0, 0.1) is 5.92 Å². The van der Waals surface area contributed by atoms with Crippen molar-refractivity contribution in [2.75, 3.05) is 26.2 Å². The minimum absolute atomic E-state index is 0. The molecule has 1 amide bonds. The molecule has 1 spiro atoms. The number of piperazine rings is 1. The molecule has 1 atom stereocenters. The highest BCUT2D eigenvalue weighted by atomic mass is 35.5. The average Bonchev–Trinajstić information content (AvgIpc) is 2.94. The van der Waals surface area contributed by atoms with Crippen LogP contribution in [0.15, 0.2) is 54.6 Å². The SMILES string of the molecule is CCCCN1C(=O)[C@H](CC2CCCCC2)NCC12CCN(Cc1ccc(Oc3ccccc3)cc1)CC2.Cl.Cl. The standard InChI is InChI=1S/C32H45N3O2.2ClH/c1-2-3-20-35-31(36)30(23-26-10-6-4-7-11-26)33-25-32(35)18-21-34(22-19-32)24-27-14-16-29(17-15-27)37-28-12-8-5-9-13-28;;/h5,8-9,12-17,26,30,33H,2-4,6-7,10-11,18-25H2,1H3;2*1H/t30-;;/m0../s1. The van der Waals surface area contributed by atoms with Crippen LogP contribution in [0.25, 0.3) is 0 Å². The van der Waals surface area contributed by atoms with Gasteiger partial charge < -0.3 is 15.0 Å². The first-order chi connectivity index (χ1) is 18.1. The van der Waals surface area contributed by atoms with E-state index in [1.54, 1.807) is 0 Å². The van der Waals surface area contributed by atoms with Crippen LogP contribution in [0.2, 0.25) is 0 Å². The van der Waals surface area contributed by atoms with Crippen LogP contribution >= 0.6 is 24.8 Å². The number of carbonyl (C=O) groups excluding carboxylic acids is 1. The van der Waals surface area contributed by atoms with Crippen LogP contribution in [0.3, 0.4) is 0 Å². The van der Waals surface area contributed by atoms with E-state index in [0.717, 1.165) is 82.2 Å². The molecule has 3 fully saturated rings. The molecule has 3 aliphatic rings. The fourth-order valence-corrected chi connectivity index (χ4v) is 6.64. The second-order valence-electron chi connectivity index (χ2n) is 11.6. The number of para-hydroxylation sites is 1. The van der Waals surface area contributed by atoms with E-state index in [1.807, 2.05) is 30.3 Å². The Kier molecular flexibility index (Phi) is 12.4.